The molecule has 0 heterocycles. The van der Waals surface area contributed by atoms with Gasteiger partial charge in [0.2, 0.25) is 0 Å². The van der Waals surface area contributed by atoms with Crippen LogP contribution in [0.1, 0.15) is 12.8 Å². The molecule has 0 unspecified atom stereocenters. The van der Waals surface area contributed by atoms with E-state index in [-0.39, 0.29) is 12.3 Å². The van der Waals surface area contributed by atoms with Gasteiger partial charge in [0.15, 0.2) is 0 Å². The first-order valence-corrected chi connectivity index (χ1v) is 3.65. The summed E-state index contributed by atoms with van der Waals surface area (Å²) in [6.07, 6.45) is 0.617. The van der Waals surface area contributed by atoms with Crippen molar-refractivity contribution in [3.8, 4) is 13.1 Å². The summed E-state index contributed by atoms with van der Waals surface area (Å²) < 4.78 is 0. The smallest absolute Gasteiger partial charge is 0.303 e. The van der Waals surface area contributed by atoms with E-state index in [0.29, 0.717) is 19.5 Å². The van der Waals surface area contributed by atoms with Crippen LogP contribution in [-0.4, -0.2) is 24.2 Å². The highest BCUT2D eigenvalue weighted by Crippen LogP contribution is 2.07. The fourth-order valence-corrected chi connectivity index (χ4v) is 0.866. The Bertz CT molecular complexity index is 208. The van der Waals surface area contributed by atoms with Crippen LogP contribution in [0.25, 0.3) is 9.69 Å². The molecule has 0 bridgehead atoms. The van der Waals surface area contributed by atoms with Crippen molar-refractivity contribution in [2.75, 3.05) is 13.1 Å². The summed E-state index contributed by atoms with van der Waals surface area (Å²) in [6.45, 7) is 10.7. The minimum Gasteiger partial charge on any atom is -0.481 e. The Balaban J connectivity index is 3.73. The molecule has 0 aliphatic heterocycles. The van der Waals surface area contributed by atoms with Crippen LogP contribution in [0.3, 0.4) is 0 Å². The first-order valence-electron chi connectivity index (χ1n) is 3.65. The highest BCUT2D eigenvalue weighted by molar-refractivity contribution is 5.66. The molecule has 0 aromatic heterocycles. The molecular weight excluding hydrogens is 156 g/mol. The van der Waals surface area contributed by atoms with Crippen LogP contribution in [0, 0.1) is 19.1 Å². The topological polar surface area (TPSA) is 46.0 Å². The van der Waals surface area contributed by atoms with E-state index in [4.69, 9.17) is 18.3 Å². The van der Waals surface area contributed by atoms with Crippen molar-refractivity contribution in [3.63, 3.8) is 0 Å². The second-order valence-electron chi connectivity index (χ2n) is 2.53. The first-order chi connectivity index (χ1) is 5.70. The zero-order chi connectivity index (χ0) is 9.40. The summed E-state index contributed by atoms with van der Waals surface area (Å²) >= 11 is 0. The molecule has 0 amide bonds. The molecule has 0 saturated carbocycles. The molecule has 12 heavy (non-hydrogen) atoms. The SMILES string of the molecule is C#[N+]CC(CCC(=O)O)C[N+]#C. The highest BCUT2D eigenvalue weighted by atomic mass is 16.4. The molecule has 0 radical (unpaired) electrons. The average molecular weight is 168 g/mol. The summed E-state index contributed by atoms with van der Waals surface area (Å²) in [4.78, 5) is 17.0. The Kier molecular flexibility index (Phi) is 5.38. The van der Waals surface area contributed by atoms with E-state index in [1.165, 1.54) is 0 Å². The van der Waals surface area contributed by atoms with Crippen molar-refractivity contribution in [1.82, 2.24) is 0 Å². The highest BCUT2D eigenvalue weighted by Gasteiger charge is 2.19. The van der Waals surface area contributed by atoms with Gasteiger partial charge in [-0.25, -0.2) is 0 Å². The van der Waals surface area contributed by atoms with Crippen LogP contribution >= 0.6 is 0 Å². The van der Waals surface area contributed by atoms with Crippen LogP contribution in [0.5, 0.6) is 0 Å². The van der Waals surface area contributed by atoms with Crippen molar-refractivity contribution in [1.29, 1.82) is 0 Å². The third-order valence-corrected chi connectivity index (χ3v) is 1.49. The number of nitrogens with zero attached hydrogens (tertiary/aromatic N) is 2. The molecule has 0 atom stereocenters. The number of hydrogen-bond acceptors (Lipinski definition) is 1. The third-order valence-electron chi connectivity index (χ3n) is 1.49. The van der Waals surface area contributed by atoms with Crippen molar-refractivity contribution in [2.45, 2.75) is 12.8 Å². The molecule has 0 aliphatic rings. The molecule has 4 nitrogen and oxygen atoms in total. The Labute approximate surface area is 71.5 Å². The fraction of sp³-hybridized carbons (Fsp3) is 0.625. The first kappa shape index (κ1) is 10.4. The molecule has 64 valence electrons. The molecule has 0 aliphatic carbocycles. The van der Waals surface area contributed by atoms with Gasteiger partial charge < -0.3 is 5.11 Å². The van der Waals surface area contributed by atoms with Crippen LogP contribution in [0.15, 0.2) is 0 Å². The second kappa shape index (κ2) is 6.18. The maximum Gasteiger partial charge on any atom is 0.303 e. The molecule has 0 aromatic carbocycles. The van der Waals surface area contributed by atoms with E-state index in [1.807, 2.05) is 0 Å². The summed E-state index contributed by atoms with van der Waals surface area (Å²) in [6, 6.07) is 0. The maximum absolute atomic E-state index is 10.2. The molecule has 0 rings (SSSR count). The largest absolute Gasteiger partial charge is 0.481 e. The molecule has 0 aromatic rings. The van der Waals surface area contributed by atoms with Crippen molar-refractivity contribution in [2.24, 2.45) is 5.92 Å². The molecule has 0 spiro atoms. The fourth-order valence-electron chi connectivity index (χ4n) is 0.866. The van der Waals surface area contributed by atoms with E-state index in [9.17, 15) is 4.79 Å². The lowest BCUT2D eigenvalue weighted by atomic mass is 10.0. The van der Waals surface area contributed by atoms with Gasteiger partial charge in [0.1, 0.15) is 5.92 Å². The van der Waals surface area contributed by atoms with E-state index < -0.39 is 5.97 Å². The van der Waals surface area contributed by atoms with E-state index in [0.717, 1.165) is 0 Å². The van der Waals surface area contributed by atoms with Gasteiger partial charge in [-0.05, 0) is 6.42 Å². The van der Waals surface area contributed by atoms with Gasteiger partial charge >= 0.3 is 5.97 Å². The monoisotopic (exact) mass is 168 g/mol. The predicted octanol–water partition coefficient (Wildman–Crippen LogP) is 1.39. The minimum atomic E-state index is -0.825. The van der Waals surface area contributed by atoms with Gasteiger partial charge in [0.05, 0.1) is 0 Å². The summed E-state index contributed by atoms with van der Waals surface area (Å²) in [5.74, 6) is -0.773. The number of hydrogen-bond donors (Lipinski definition) is 1. The zero-order valence-corrected chi connectivity index (χ0v) is 6.81. The van der Waals surface area contributed by atoms with Gasteiger partial charge in [-0.1, -0.05) is 9.69 Å². The summed E-state index contributed by atoms with van der Waals surface area (Å²) in [7, 11) is 0. The normalized spacial score (nSPS) is 8.92. The van der Waals surface area contributed by atoms with E-state index in [1.54, 1.807) is 0 Å². The lowest BCUT2D eigenvalue weighted by molar-refractivity contribution is -0.137. The minimum absolute atomic E-state index is 0.0519. The van der Waals surface area contributed by atoms with Gasteiger partial charge in [0, 0.05) is 6.42 Å². The van der Waals surface area contributed by atoms with Crippen LogP contribution in [0.2, 0.25) is 0 Å². The van der Waals surface area contributed by atoms with Crippen molar-refractivity contribution >= 4 is 5.97 Å². The number of rotatable bonds is 5. The van der Waals surface area contributed by atoms with Crippen LogP contribution in [-0.2, 0) is 4.79 Å². The average Bonchev–Trinajstić information content (AvgIpc) is 2.01. The second-order valence-corrected chi connectivity index (χ2v) is 2.53. The lowest BCUT2D eigenvalue weighted by Crippen LogP contribution is -2.09. The number of carboxylic acids is 1. The van der Waals surface area contributed by atoms with Gasteiger partial charge in [-0.3, -0.25) is 4.79 Å². The number of carboxylic acid groups (broad SMARTS) is 1. The standard InChI is InChI=1S/C8H11N2O2/c1-9-5-7(6-10-2)3-4-8(11)12/h1-2,7H,3-6H2/q+1/p+1. The molecular formula is C8H12N2O2+2. The summed E-state index contributed by atoms with van der Waals surface area (Å²) in [5.41, 5.74) is 0. The van der Waals surface area contributed by atoms with Gasteiger partial charge in [-0.15, -0.1) is 0 Å². The lowest BCUT2D eigenvalue weighted by Gasteiger charge is -1.97. The van der Waals surface area contributed by atoms with Gasteiger partial charge in [0.25, 0.3) is 26.2 Å². The van der Waals surface area contributed by atoms with Crippen molar-refractivity contribution < 1.29 is 9.90 Å². The Morgan fingerprint density at radius 2 is 1.83 bits per heavy atom. The van der Waals surface area contributed by atoms with Crippen LogP contribution in [0.4, 0.5) is 0 Å². The van der Waals surface area contributed by atoms with Crippen molar-refractivity contribution in [3.05, 3.63) is 9.69 Å². The van der Waals surface area contributed by atoms with E-state index >= 15 is 0 Å². The van der Waals surface area contributed by atoms with E-state index in [2.05, 4.69) is 9.69 Å². The molecule has 4 heteroatoms. The predicted molar refractivity (Wildman–Crippen MR) is 46.7 cm³/mol. The number of aliphatic carboxylic acids is 1. The quantitative estimate of drug-likeness (QED) is 0.674. The molecule has 1 N–H and O–H groups in total. The van der Waals surface area contributed by atoms with Crippen LogP contribution < -0.4 is 0 Å². The maximum atomic E-state index is 10.2. The third kappa shape index (κ3) is 5.25. The summed E-state index contributed by atoms with van der Waals surface area (Å²) in [5, 5.41) is 8.38. The molecule has 0 fully saturated rings. The number of carbonyl (C=O) groups is 1. The Hall–Kier alpha value is -1.55. The Morgan fingerprint density at radius 3 is 2.17 bits per heavy atom. The Morgan fingerprint density at radius 1 is 1.33 bits per heavy atom. The molecule has 0 saturated heterocycles. The van der Waals surface area contributed by atoms with Gasteiger partial charge in [-0.2, -0.15) is 0 Å². The zero-order valence-electron chi connectivity index (χ0n) is 6.81.